The van der Waals surface area contributed by atoms with Crippen LogP contribution in [0.2, 0.25) is 0 Å². The fraction of sp³-hybridized carbons (Fsp3) is 1.00. The Morgan fingerprint density at radius 3 is 2.24 bits per heavy atom. The van der Waals surface area contributed by atoms with Gasteiger partial charge in [-0.2, -0.15) is 0 Å². The van der Waals surface area contributed by atoms with Crippen molar-refractivity contribution in [2.24, 2.45) is 11.8 Å². The minimum Gasteiger partial charge on any atom is -0.390 e. The van der Waals surface area contributed by atoms with Crippen LogP contribution in [-0.2, 0) is 9.84 Å². The van der Waals surface area contributed by atoms with Crippen LogP contribution < -0.4 is 0 Å². The summed E-state index contributed by atoms with van der Waals surface area (Å²) in [5.74, 6) is 1.61. The molecule has 0 aromatic heterocycles. The summed E-state index contributed by atoms with van der Waals surface area (Å²) < 4.78 is 22.1. The summed E-state index contributed by atoms with van der Waals surface area (Å²) in [4.78, 5) is 0. The van der Waals surface area contributed by atoms with Crippen molar-refractivity contribution in [2.75, 3.05) is 12.0 Å². The predicted molar refractivity (Wildman–Crippen MR) is 70.7 cm³/mol. The highest BCUT2D eigenvalue weighted by Crippen LogP contribution is 2.38. The van der Waals surface area contributed by atoms with Gasteiger partial charge in [-0.3, -0.25) is 0 Å². The quantitative estimate of drug-likeness (QED) is 0.827. The largest absolute Gasteiger partial charge is 0.390 e. The van der Waals surface area contributed by atoms with E-state index >= 15 is 0 Å². The Morgan fingerprint density at radius 2 is 1.82 bits per heavy atom. The second kappa shape index (κ2) is 5.70. The third-order valence-electron chi connectivity index (χ3n) is 4.06. The van der Waals surface area contributed by atoms with Crippen LogP contribution in [0, 0.1) is 11.8 Å². The van der Waals surface area contributed by atoms with E-state index in [1.807, 2.05) is 0 Å². The molecular formula is C13H26O3S. The van der Waals surface area contributed by atoms with E-state index in [2.05, 4.69) is 13.8 Å². The van der Waals surface area contributed by atoms with E-state index in [0.717, 1.165) is 31.6 Å². The molecule has 0 bridgehead atoms. The van der Waals surface area contributed by atoms with Crippen LogP contribution >= 0.6 is 0 Å². The molecule has 0 unspecified atom stereocenters. The van der Waals surface area contributed by atoms with Crippen molar-refractivity contribution in [1.29, 1.82) is 0 Å². The van der Waals surface area contributed by atoms with Crippen molar-refractivity contribution < 1.29 is 13.5 Å². The second-order valence-electron chi connectivity index (χ2n) is 6.04. The van der Waals surface area contributed by atoms with Crippen LogP contribution in [0.5, 0.6) is 0 Å². The van der Waals surface area contributed by atoms with Crippen LogP contribution in [0.25, 0.3) is 0 Å². The summed E-state index contributed by atoms with van der Waals surface area (Å²) in [6.07, 6.45) is 6.29. The summed E-state index contributed by atoms with van der Waals surface area (Å²) in [5, 5.41) is 10.4. The zero-order valence-corrected chi connectivity index (χ0v) is 12.1. The van der Waals surface area contributed by atoms with Gasteiger partial charge < -0.3 is 5.11 Å². The van der Waals surface area contributed by atoms with E-state index in [-0.39, 0.29) is 5.75 Å². The van der Waals surface area contributed by atoms with Crippen LogP contribution in [0.1, 0.15) is 52.4 Å². The number of aliphatic hydroxyl groups is 1. The van der Waals surface area contributed by atoms with Crippen molar-refractivity contribution in [3.05, 3.63) is 0 Å². The maximum atomic E-state index is 11.0. The van der Waals surface area contributed by atoms with E-state index in [9.17, 15) is 13.5 Å². The van der Waals surface area contributed by atoms with Gasteiger partial charge in [-0.1, -0.05) is 13.8 Å². The third kappa shape index (κ3) is 5.38. The molecule has 0 radical (unpaired) electrons. The maximum Gasteiger partial charge on any atom is 0.147 e. The second-order valence-corrected chi connectivity index (χ2v) is 8.30. The highest BCUT2D eigenvalue weighted by Gasteiger charge is 2.33. The molecule has 0 aromatic rings. The van der Waals surface area contributed by atoms with Gasteiger partial charge in [-0.05, 0) is 50.4 Å². The molecule has 0 aromatic carbocycles. The lowest BCUT2D eigenvalue weighted by molar-refractivity contribution is -0.0222. The van der Waals surface area contributed by atoms with Crippen LogP contribution in [0.4, 0.5) is 0 Å². The summed E-state index contributed by atoms with van der Waals surface area (Å²) in [5.41, 5.74) is -0.601. The van der Waals surface area contributed by atoms with Crippen molar-refractivity contribution in [3.63, 3.8) is 0 Å². The maximum absolute atomic E-state index is 11.0. The molecule has 1 fully saturated rings. The summed E-state index contributed by atoms with van der Waals surface area (Å²) in [6, 6.07) is 0. The molecule has 1 aliphatic rings. The molecule has 1 N–H and O–H groups in total. The van der Waals surface area contributed by atoms with Gasteiger partial charge in [0.05, 0.1) is 5.60 Å². The number of sulfone groups is 1. The van der Waals surface area contributed by atoms with E-state index < -0.39 is 15.4 Å². The van der Waals surface area contributed by atoms with Gasteiger partial charge in [0.2, 0.25) is 0 Å². The van der Waals surface area contributed by atoms with Crippen molar-refractivity contribution in [1.82, 2.24) is 0 Å². The molecule has 0 atom stereocenters. The molecule has 0 saturated heterocycles. The number of rotatable bonds is 5. The highest BCUT2D eigenvalue weighted by atomic mass is 32.2. The van der Waals surface area contributed by atoms with E-state index in [4.69, 9.17) is 0 Å². The lowest BCUT2D eigenvalue weighted by Crippen LogP contribution is -2.35. The molecule has 102 valence electrons. The zero-order chi connectivity index (χ0) is 13.1. The van der Waals surface area contributed by atoms with Crippen molar-refractivity contribution >= 4 is 9.84 Å². The molecule has 1 aliphatic carbocycles. The Hall–Kier alpha value is -0.0900. The van der Waals surface area contributed by atoms with Crippen LogP contribution in [0.3, 0.4) is 0 Å². The third-order valence-corrected chi connectivity index (χ3v) is 5.09. The highest BCUT2D eigenvalue weighted by molar-refractivity contribution is 7.90. The van der Waals surface area contributed by atoms with E-state index in [1.54, 1.807) is 0 Å². The fourth-order valence-corrected chi connectivity index (χ4v) is 3.43. The van der Waals surface area contributed by atoms with Crippen molar-refractivity contribution in [2.45, 2.75) is 58.0 Å². The molecule has 3 nitrogen and oxygen atoms in total. The lowest BCUT2D eigenvalue weighted by atomic mass is 9.73. The molecule has 1 rings (SSSR count). The lowest BCUT2D eigenvalue weighted by Gasteiger charge is -2.37. The molecule has 0 heterocycles. The smallest absolute Gasteiger partial charge is 0.147 e. The van der Waals surface area contributed by atoms with Gasteiger partial charge in [-0.15, -0.1) is 0 Å². The summed E-state index contributed by atoms with van der Waals surface area (Å²) in [7, 11) is -2.89. The normalized spacial score (nSPS) is 30.8. The van der Waals surface area contributed by atoms with E-state index in [0.29, 0.717) is 18.8 Å². The first kappa shape index (κ1) is 15.0. The standard InChI is InChI=1S/C13H26O3S/c1-11(2)12-5-8-13(14,9-6-12)7-4-10-17(3,15)16/h11-12,14H,4-10H2,1-3H3. The molecular weight excluding hydrogens is 236 g/mol. The molecule has 0 spiro atoms. The summed E-state index contributed by atoms with van der Waals surface area (Å²) in [6.45, 7) is 4.47. The van der Waals surface area contributed by atoms with Crippen LogP contribution in [-0.4, -0.2) is 31.1 Å². The fourth-order valence-electron chi connectivity index (χ4n) is 2.76. The average Bonchev–Trinajstić information content (AvgIpc) is 2.15. The topological polar surface area (TPSA) is 54.4 Å². The SMILES string of the molecule is CC(C)C1CCC(O)(CCCS(C)(=O)=O)CC1. The monoisotopic (exact) mass is 262 g/mol. The average molecular weight is 262 g/mol. The number of hydrogen-bond donors (Lipinski definition) is 1. The minimum absolute atomic E-state index is 0.197. The predicted octanol–water partition coefficient (Wildman–Crippen LogP) is 2.39. The molecule has 0 amide bonds. The van der Waals surface area contributed by atoms with Gasteiger partial charge >= 0.3 is 0 Å². The van der Waals surface area contributed by atoms with Gasteiger partial charge in [0.15, 0.2) is 0 Å². The first-order valence-electron chi connectivity index (χ1n) is 6.62. The van der Waals surface area contributed by atoms with Gasteiger partial charge in [0, 0.05) is 12.0 Å². The molecule has 17 heavy (non-hydrogen) atoms. The molecule has 0 aliphatic heterocycles. The van der Waals surface area contributed by atoms with Gasteiger partial charge in [-0.25, -0.2) is 8.42 Å². The van der Waals surface area contributed by atoms with Gasteiger partial charge in [0.25, 0.3) is 0 Å². The van der Waals surface area contributed by atoms with E-state index in [1.165, 1.54) is 6.26 Å². The Labute approximate surface area is 106 Å². The number of hydrogen-bond acceptors (Lipinski definition) is 3. The Kier molecular flexibility index (Phi) is 5.02. The zero-order valence-electron chi connectivity index (χ0n) is 11.3. The Bertz CT molecular complexity index is 325. The first-order chi connectivity index (χ1) is 7.72. The van der Waals surface area contributed by atoms with Gasteiger partial charge in [0.1, 0.15) is 9.84 Å². The summed E-state index contributed by atoms with van der Waals surface area (Å²) >= 11 is 0. The minimum atomic E-state index is -2.89. The first-order valence-corrected chi connectivity index (χ1v) is 8.68. The molecule has 1 saturated carbocycles. The Balaban J connectivity index is 2.35. The van der Waals surface area contributed by atoms with Crippen molar-refractivity contribution in [3.8, 4) is 0 Å². The van der Waals surface area contributed by atoms with Crippen LogP contribution in [0.15, 0.2) is 0 Å². The molecule has 4 heteroatoms. The Morgan fingerprint density at radius 1 is 1.29 bits per heavy atom.